The molecular formula is C49H32N2. The molecule has 1 atom stereocenters. The Morgan fingerprint density at radius 3 is 1.90 bits per heavy atom. The fourth-order valence-corrected chi connectivity index (χ4v) is 9.07. The molecule has 2 aromatic heterocycles. The molecule has 0 spiro atoms. The van der Waals surface area contributed by atoms with E-state index in [-0.39, 0.29) is 11.8 Å². The van der Waals surface area contributed by atoms with Crippen LogP contribution in [0.4, 0.5) is 0 Å². The number of hydrogen-bond donors (Lipinski definition) is 0. The van der Waals surface area contributed by atoms with E-state index in [0.29, 0.717) is 0 Å². The van der Waals surface area contributed by atoms with Crippen LogP contribution < -0.4 is 0 Å². The lowest BCUT2D eigenvalue weighted by Crippen LogP contribution is -2.02. The largest absolute Gasteiger partial charge is 0.309 e. The summed E-state index contributed by atoms with van der Waals surface area (Å²) in [4.78, 5) is 4.61. The summed E-state index contributed by atoms with van der Waals surface area (Å²) >= 11 is 0. The lowest BCUT2D eigenvalue weighted by molar-refractivity contribution is 0.994. The van der Waals surface area contributed by atoms with Gasteiger partial charge >= 0.3 is 0 Å². The van der Waals surface area contributed by atoms with Gasteiger partial charge in [0, 0.05) is 40.7 Å². The van der Waals surface area contributed by atoms with E-state index in [0.717, 1.165) is 0 Å². The Morgan fingerprint density at radius 1 is 0.392 bits per heavy atom. The maximum Gasteiger partial charge on any atom is 0.0541 e. The highest BCUT2D eigenvalue weighted by Gasteiger charge is 2.32. The van der Waals surface area contributed by atoms with E-state index in [1.54, 1.807) is 0 Å². The molecule has 0 N–H and O–H groups in total. The minimum Gasteiger partial charge on any atom is -0.309 e. The van der Waals surface area contributed by atoms with Crippen molar-refractivity contribution in [3.63, 3.8) is 0 Å². The molecule has 1 unspecified atom stereocenters. The number of fused-ring (bicyclic) bond motifs is 9. The first-order valence-corrected chi connectivity index (χ1v) is 17.8. The van der Waals surface area contributed by atoms with Gasteiger partial charge in [0.15, 0.2) is 0 Å². The molecule has 7 aromatic carbocycles. The highest BCUT2D eigenvalue weighted by molar-refractivity contribution is 6.09. The summed E-state index contributed by atoms with van der Waals surface area (Å²) in [6, 6.07) is 62.8. The fourth-order valence-electron chi connectivity index (χ4n) is 9.07. The number of benzene rings is 7. The Labute approximate surface area is 296 Å². The van der Waals surface area contributed by atoms with Crippen LogP contribution in [-0.2, 0) is 0 Å². The van der Waals surface area contributed by atoms with E-state index in [2.05, 4.69) is 186 Å². The second-order valence-corrected chi connectivity index (χ2v) is 13.9. The predicted octanol–water partition coefficient (Wildman–Crippen LogP) is 12.2. The molecule has 9 aromatic rings. The lowest BCUT2D eigenvalue weighted by atomic mass is 9.88. The van der Waals surface area contributed by atoms with Crippen molar-refractivity contribution in [3.8, 4) is 39.1 Å². The molecule has 2 aliphatic carbocycles. The highest BCUT2D eigenvalue weighted by Crippen LogP contribution is 2.50. The number of para-hydroxylation sites is 1. The Bertz CT molecular complexity index is 2780. The Morgan fingerprint density at radius 2 is 1.06 bits per heavy atom. The van der Waals surface area contributed by atoms with Gasteiger partial charge in [0.25, 0.3) is 0 Å². The van der Waals surface area contributed by atoms with Gasteiger partial charge in [-0.15, -0.1) is 0 Å². The summed E-state index contributed by atoms with van der Waals surface area (Å²) in [6.45, 7) is 0. The van der Waals surface area contributed by atoms with Gasteiger partial charge in [-0.25, -0.2) is 0 Å². The monoisotopic (exact) mass is 648 g/mol. The Hall–Kier alpha value is -6.51. The van der Waals surface area contributed by atoms with Gasteiger partial charge in [-0.2, -0.15) is 0 Å². The van der Waals surface area contributed by atoms with Crippen molar-refractivity contribution >= 4 is 21.8 Å². The van der Waals surface area contributed by atoms with E-state index >= 15 is 0 Å². The van der Waals surface area contributed by atoms with Crippen molar-refractivity contribution in [1.29, 1.82) is 0 Å². The molecule has 51 heavy (non-hydrogen) atoms. The van der Waals surface area contributed by atoms with E-state index in [1.807, 2.05) is 6.20 Å². The SMILES string of the molecule is c1ccc(-c2ccc3c(c2)-c2ccncc2C3c2cccc(-n3c4ccccc4c4cc(C5c6ccccc6-c6ccccc65)ccc43)c2)cc1. The van der Waals surface area contributed by atoms with Crippen LogP contribution in [0.1, 0.15) is 45.2 Å². The van der Waals surface area contributed by atoms with Crippen LogP contribution in [0.15, 0.2) is 182 Å². The molecule has 2 aliphatic rings. The number of hydrogen-bond acceptors (Lipinski definition) is 1. The molecule has 0 fully saturated rings. The average molecular weight is 649 g/mol. The van der Waals surface area contributed by atoms with Crippen LogP contribution in [0.3, 0.4) is 0 Å². The molecule has 0 amide bonds. The molecule has 2 nitrogen and oxygen atoms in total. The van der Waals surface area contributed by atoms with Gasteiger partial charge < -0.3 is 4.57 Å². The third-order valence-electron chi connectivity index (χ3n) is 11.2. The average Bonchev–Trinajstić information content (AvgIpc) is 3.83. The van der Waals surface area contributed by atoms with E-state index in [9.17, 15) is 0 Å². The molecule has 11 rings (SSSR count). The Kier molecular flexibility index (Phi) is 6.11. The molecule has 0 aliphatic heterocycles. The molecule has 238 valence electrons. The highest BCUT2D eigenvalue weighted by atomic mass is 15.0. The molecule has 0 saturated heterocycles. The summed E-state index contributed by atoms with van der Waals surface area (Å²) in [6.07, 6.45) is 3.99. The molecule has 0 saturated carbocycles. The minimum absolute atomic E-state index is 0.107. The first kappa shape index (κ1) is 28.3. The van der Waals surface area contributed by atoms with Gasteiger partial charge in [-0.1, -0.05) is 127 Å². The van der Waals surface area contributed by atoms with Crippen LogP contribution >= 0.6 is 0 Å². The molecule has 2 heteroatoms. The van der Waals surface area contributed by atoms with Gasteiger partial charge in [0.05, 0.1) is 11.0 Å². The molecule has 0 radical (unpaired) electrons. The maximum atomic E-state index is 4.61. The minimum atomic E-state index is 0.107. The second-order valence-electron chi connectivity index (χ2n) is 13.9. The van der Waals surface area contributed by atoms with Crippen LogP contribution in [0.2, 0.25) is 0 Å². The van der Waals surface area contributed by atoms with E-state index < -0.39 is 0 Å². The van der Waals surface area contributed by atoms with Crippen molar-refractivity contribution in [1.82, 2.24) is 9.55 Å². The normalized spacial score (nSPS) is 14.4. The van der Waals surface area contributed by atoms with Crippen LogP contribution in [0.5, 0.6) is 0 Å². The third kappa shape index (κ3) is 4.20. The van der Waals surface area contributed by atoms with E-state index in [4.69, 9.17) is 0 Å². The van der Waals surface area contributed by atoms with Gasteiger partial charge in [-0.05, 0) is 109 Å². The summed E-state index contributed by atoms with van der Waals surface area (Å²) in [5.41, 5.74) is 19.3. The lowest BCUT2D eigenvalue weighted by Gasteiger charge is -2.17. The summed E-state index contributed by atoms with van der Waals surface area (Å²) in [7, 11) is 0. The van der Waals surface area contributed by atoms with E-state index in [1.165, 1.54) is 94.3 Å². The second kappa shape index (κ2) is 11.0. The third-order valence-corrected chi connectivity index (χ3v) is 11.2. The fraction of sp³-hybridized carbons (Fsp3) is 0.0408. The number of nitrogens with zero attached hydrogens (tertiary/aromatic N) is 2. The van der Waals surface area contributed by atoms with Gasteiger partial charge in [0.1, 0.15) is 0 Å². The number of pyridine rings is 1. The topological polar surface area (TPSA) is 17.8 Å². The summed E-state index contributed by atoms with van der Waals surface area (Å²) in [5.74, 6) is 0.321. The van der Waals surface area contributed by atoms with Crippen molar-refractivity contribution in [3.05, 3.63) is 216 Å². The predicted molar refractivity (Wildman–Crippen MR) is 210 cm³/mol. The van der Waals surface area contributed by atoms with Gasteiger partial charge in [-0.3, -0.25) is 4.98 Å². The first-order chi connectivity index (χ1) is 25.3. The molecular weight excluding hydrogens is 617 g/mol. The summed E-state index contributed by atoms with van der Waals surface area (Å²) in [5, 5.41) is 2.55. The summed E-state index contributed by atoms with van der Waals surface area (Å²) < 4.78 is 2.45. The van der Waals surface area contributed by atoms with Crippen LogP contribution in [0, 0.1) is 0 Å². The standard InChI is InChI=1S/C49H32N2/c1-2-11-31(12-3-1)32-21-23-42-43(28-32)38-25-26-50-30-45(38)49(42)33-13-10-14-35(27-33)51-46-20-9-8-17-39(46)44-29-34(22-24-47(44)51)48-40-18-6-4-15-36(40)37-16-5-7-19-41(37)48/h1-30,48-49H. The molecule has 2 heterocycles. The smallest absolute Gasteiger partial charge is 0.0541 e. The van der Waals surface area contributed by atoms with Crippen molar-refractivity contribution in [2.24, 2.45) is 0 Å². The van der Waals surface area contributed by atoms with Crippen molar-refractivity contribution in [2.75, 3.05) is 0 Å². The maximum absolute atomic E-state index is 4.61. The van der Waals surface area contributed by atoms with Crippen LogP contribution in [0.25, 0.3) is 60.9 Å². The van der Waals surface area contributed by atoms with Gasteiger partial charge in [0.2, 0.25) is 0 Å². The quantitative estimate of drug-likeness (QED) is 0.186. The van der Waals surface area contributed by atoms with Crippen molar-refractivity contribution in [2.45, 2.75) is 11.8 Å². The molecule has 0 bridgehead atoms. The number of aromatic nitrogens is 2. The zero-order chi connectivity index (χ0) is 33.5. The zero-order valence-electron chi connectivity index (χ0n) is 27.9. The zero-order valence-corrected chi connectivity index (χ0v) is 27.9. The van der Waals surface area contributed by atoms with Crippen LogP contribution in [-0.4, -0.2) is 9.55 Å². The Balaban J connectivity index is 1.06. The number of rotatable bonds is 4. The van der Waals surface area contributed by atoms with Crippen molar-refractivity contribution < 1.29 is 0 Å². The first-order valence-electron chi connectivity index (χ1n) is 17.8.